The summed E-state index contributed by atoms with van der Waals surface area (Å²) in [5.74, 6) is -1.07. The number of nitrogens with one attached hydrogen (secondary N) is 1. The molecule has 2 heterocycles. The number of amidine groups is 1. The van der Waals surface area contributed by atoms with Gasteiger partial charge in [-0.3, -0.25) is 5.73 Å². The van der Waals surface area contributed by atoms with Crippen LogP contribution in [0.5, 0.6) is 0 Å². The zero-order valence-corrected chi connectivity index (χ0v) is 7.23. The molecule has 9 heteroatoms. The van der Waals surface area contributed by atoms with Crippen molar-refractivity contribution >= 4 is 23.7 Å². The van der Waals surface area contributed by atoms with Gasteiger partial charge in [0.05, 0.1) is 0 Å². The third kappa shape index (κ3) is 1.27. The van der Waals surface area contributed by atoms with Crippen LogP contribution < -0.4 is 11.5 Å². The minimum absolute atomic E-state index is 0.151. The fourth-order valence-electron chi connectivity index (χ4n) is 0.852. The minimum atomic E-state index is -1.38. The van der Waals surface area contributed by atoms with Gasteiger partial charge >= 0.3 is 0 Å². The number of nitrogen functional groups attached to an aromatic ring is 1. The van der Waals surface area contributed by atoms with Crippen molar-refractivity contribution in [1.82, 2.24) is 15.2 Å². The molecule has 1 unspecified atom stereocenters. The molecular formula is C4H6N8S. The Balaban J connectivity index is 2.42. The molecule has 0 bridgehead atoms. The summed E-state index contributed by atoms with van der Waals surface area (Å²) in [6, 6.07) is 0. The van der Waals surface area contributed by atoms with E-state index in [1.54, 1.807) is 0 Å². The molecule has 0 fully saturated rings. The monoisotopic (exact) mass is 198 g/mol. The summed E-state index contributed by atoms with van der Waals surface area (Å²) >= 11 is 3.88. The van der Waals surface area contributed by atoms with Crippen LogP contribution in [0.2, 0.25) is 0 Å². The van der Waals surface area contributed by atoms with Crippen LogP contribution in [-0.2, 0) is 5.79 Å². The maximum atomic E-state index is 5.69. The number of H-pyrrole nitrogens is 1. The number of anilines is 1. The number of aliphatic imine (C=N–C) groups is 1. The number of hydrogen-bond donors (Lipinski definition) is 4. The Bertz CT molecular complexity index is 393. The lowest BCUT2D eigenvalue weighted by Gasteiger charge is -2.08. The van der Waals surface area contributed by atoms with E-state index in [-0.39, 0.29) is 16.9 Å². The first-order valence-electron chi connectivity index (χ1n) is 3.29. The number of aromatic amines is 1. The quantitative estimate of drug-likeness (QED) is 0.440. The summed E-state index contributed by atoms with van der Waals surface area (Å²) in [5, 5.41) is 13.5. The van der Waals surface area contributed by atoms with Crippen LogP contribution in [0.3, 0.4) is 0 Å². The molecule has 0 saturated heterocycles. The van der Waals surface area contributed by atoms with E-state index in [1.807, 2.05) is 0 Å². The summed E-state index contributed by atoms with van der Waals surface area (Å²) < 4.78 is 0. The topological polar surface area (TPSA) is 131 Å². The zero-order valence-electron chi connectivity index (χ0n) is 6.34. The molecule has 5 N–H and O–H groups in total. The van der Waals surface area contributed by atoms with Crippen molar-refractivity contribution in [3.63, 3.8) is 0 Å². The predicted molar refractivity (Wildman–Crippen MR) is 47.9 cm³/mol. The Hall–Kier alpha value is -1.48. The minimum Gasteiger partial charge on any atom is -0.368 e. The SMILES string of the molecule is Nc1nc(C2(N)N=NC(S)=N2)n[nH]1. The first-order valence-corrected chi connectivity index (χ1v) is 3.74. The van der Waals surface area contributed by atoms with Gasteiger partial charge in [-0.1, -0.05) is 0 Å². The van der Waals surface area contributed by atoms with Crippen LogP contribution in [0.25, 0.3) is 0 Å². The number of azo groups is 1. The highest BCUT2D eigenvalue weighted by Gasteiger charge is 2.35. The van der Waals surface area contributed by atoms with Crippen LogP contribution in [-0.4, -0.2) is 20.3 Å². The van der Waals surface area contributed by atoms with Gasteiger partial charge in [-0.25, -0.2) is 10.1 Å². The van der Waals surface area contributed by atoms with E-state index in [1.165, 1.54) is 0 Å². The van der Waals surface area contributed by atoms with Crippen LogP contribution in [0.4, 0.5) is 5.95 Å². The number of aromatic nitrogens is 3. The Morgan fingerprint density at radius 2 is 2.23 bits per heavy atom. The third-order valence-electron chi connectivity index (χ3n) is 1.39. The molecule has 68 valence electrons. The molecule has 1 atom stereocenters. The Labute approximate surface area is 77.9 Å². The van der Waals surface area contributed by atoms with Gasteiger partial charge in [0.15, 0.2) is 0 Å². The van der Waals surface area contributed by atoms with E-state index in [9.17, 15) is 0 Å². The normalized spacial score (nSPS) is 26.5. The highest BCUT2D eigenvalue weighted by molar-refractivity contribution is 7.96. The van der Waals surface area contributed by atoms with E-state index in [0.717, 1.165) is 0 Å². The molecule has 0 aromatic carbocycles. The van der Waals surface area contributed by atoms with E-state index >= 15 is 0 Å². The summed E-state index contributed by atoms with van der Waals surface area (Å²) in [7, 11) is 0. The van der Waals surface area contributed by atoms with Gasteiger partial charge < -0.3 is 5.73 Å². The van der Waals surface area contributed by atoms with Crippen LogP contribution >= 0.6 is 12.6 Å². The molecule has 0 saturated carbocycles. The highest BCUT2D eigenvalue weighted by atomic mass is 32.1. The number of rotatable bonds is 1. The molecule has 0 aliphatic carbocycles. The fourth-order valence-corrected chi connectivity index (χ4v) is 1.05. The predicted octanol–water partition coefficient (Wildman–Crippen LogP) is -0.793. The first-order chi connectivity index (χ1) is 6.10. The van der Waals surface area contributed by atoms with Crippen LogP contribution in [0.1, 0.15) is 5.82 Å². The van der Waals surface area contributed by atoms with E-state index in [2.05, 4.69) is 43.0 Å². The maximum Gasteiger partial charge on any atom is 0.287 e. The van der Waals surface area contributed by atoms with Crippen molar-refractivity contribution in [2.75, 3.05) is 5.73 Å². The van der Waals surface area contributed by atoms with Gasteiger partial charge in [-0.05, 0) is 0 Å². The second-order valence-electron chi connectivity index (χ2n) is 2.38. The lowest BCUT2D eigenvalue weighted by molar-refractivity contribution is 0.462. The average Bonchev–Trinajstić information content (AvgIpc) is 2.60. The zero-order chi connectivity index (χ0) is 9.47. The molecule has 1 aromatic rings. The lowest BCUT2D eigenvalue weighted by atomic mass is 10.4. The van der Waals surface area contributed by atoms with Crippen molar-refractivity contribution in [3.8, 4) is 0 Å². The van der Waals surface area contributed by atoms with Crippen LogP contribution in [0, 0.1) is 0 Å². The van der Waals surface area contributed by atoms with Crippen molar-refractivity contribution in [2.45, 2.75) is 5.79 Å². The smallest absolute Gasteiger partial charge is 0.287 e. The van der Waals surface area contributed by atoms with Crippen molar-refractivity contribution in [3.05, 3.63) is 5.82 Å². The second-order valence-corrected chi connectivity index (χ2v) is 2.78. The highest BCUT2D eigenvalue weighted by Crippen LogP contribution is 2.24. The van der Waals surface area contributed by atoms with Gasteiger partial charge in [-0.15, -0.1) is 22.9 Å². The lowest BCUT2D eigenvalue weighted by Crippen LogP contribution is -2.32. The van der Waals surface area contributed by atoms with Crippen molar-refractivity contribution in [1.29, 1.82) is 0 Å². The van der Waals surface area contributed by atoms with Gasteiger partial charge in [0.1, 0.15) is 0 Å². The summed E-state index contributed by atoms with van der Waals surface area (Å²) in [4.78, 5) is 7.62. The van der Waals surface area contributed by atoms with E-state index < -0.39 is 5.79 Å². The maximum absolute atomic E-state index is 5.69. The molecule has 1 aromatic heterocycles. The van der Waals surface area contributed by atoms with E-state index in [4.69, 9.17) is 11.5 Å². The van der Waals surface area contributed by atoms with Crippen molar-refractivity contribution < 1.29 is 0 Å². The molecule has 1 aliphatic heterocycles. The van der Waals surface area contributed by atoms with E-state index in [0.29, 0.717) is 0 Å². The molecule has 8 nitrogen and oxygen atoms in total. The molecule has 2 rings (SSSR count). The van der Waals surface area contributed by atoms with Gasteiger partial charge in [0.2, 0.25) is 16.9 Å². The standard InChI is InChI=1S/C4H6N8S/c5-2-7-1(9-10-2)4(6)8-3(13)11-12-4/h6H2,(H,8,13)(H3,5,7,9,10). The van der Waals surface area contributed by atoms with Crippen LogP contribution in [0.15, 0.2) is 15.2 Å². The fraction of sp³-hybridized carbons (Fsp3) is 0.250. The molecule has 1 aliphatic rings. The number of nitrogens with two attached hydrogens (primary N) is 2. The van der Waals surface area contributed by atoms with Gasteiger partial charge in [0.25, 0.3) is 5.79 Å². The molecule has 0 amide bonds. The number of nitrogens with zero attached hydrogens (tertiary/aromatic N) is 5. The summed E-state index contributed by atoms with van der Waals surface area (Å²) in [5.41, 5.74) is 11.0. The van der Waals surface area contributed by atoms with Gasteiger partial charge in [0, 0.05) is 0 Å². The largest absolute Gasteiger partial charge is 0.368 e. The molecule has 13 heavy (non-hydrogen) atoms. The van der Waals surface area contributed by atoms with Crippen molar-refractivity contribution in [2.24, 2.45) is 21.0 Å². The Morgan fingerprint density at radius 3 is 2.69 bits per heavy atom. The average molecular weight is 198 g/mol. The Morgan fingerprint density at radius 1 is 1.46 bits per heavy atom. The Kier molecular flexibility index (Phi) is 1.57. The third-order valence-corrected chi connectivity index (χ3v) is 1.58. The summed E-state index contributed by atoms with van der Waals surface area (Å²) in [6.45, 7) is 0. The number of thiol groups is 1. The number of hydrogen-bond acceptors (Lipinski definition) is 7. The molecule has 0 spiro atoms. The molecular weight excluding hydrogens is 192 g/mol. The molecule has 0 radical (unpaired) electrons. The summed E-state index contributed by atoms with van der Waals surface area (Å²) in [6.07, 6.45) is 0. The van der Waals surface area contributed by atoms with Gasteiger partial charge in [-0.2, -0.15) is 10.1 Å². The second kappa shape index (κ2) is 2.50. The first kappa shape index (κ1) is 8.13.